The van der Waals surface area contributed by atoms with Gasteiger partial charge in [0.15, 0.2) is 0 Å². The summed E-state index contributed by atoms with van der Waals surface area (Å²) in [7, 11) is 0. The molecule has 0 unspecified atom stereocenters. The summed E-state index contributed by atoms with van der Waals surface area (Å²) in [5.74, 6) is 1.01. The van der Waals surface area contributed by atoms with Crippen molar-refractivity contribution in [3.8, 4) is 0 Å². The second-order valence-corrected chi connectivity index (χ2v) is 3.86. The Hall–Kier alpha value is -1.37. The van der Waals surface area contributed by atoms with Crippen LogP contribution >= 0.6 is 0 Å². The maximum absolute atomic E-state index is 5.75. The van der Waals surface area contributed by atoms with Crippen LogP contribution in [0.2, 0.25) is 0 Å². The van der Waals surface area contributed by atoms with Crippen molar-refractivity contribution in [2.24, 2.45) is 0 Å². The van der Waals surface area contributed by atoms with E-state index in [0.29, 0.717) is 0 Å². The number of fused-ring (bicyclic) bond motifs is 1. The van der Waals surface area contributed by atoms with Crippen molar-refractivity contribution in [2.75, 3.05) is 0 Å². The molecule has 0 bridgehead atoms. The lowest BCUT2D eigenvalue weighted by Gasteiger charge is -2.01. The van der Waals surface area contributed by atoms with E-state index in [-0.39, 0.29) is 0 Å². The highest BCUT2D eigenvalue weighted by Crippen LogP contribution is 2.26. The Morgan fingerprint density at radius 3 is 2.36 bits per heavy atom. The van der Waals surface area contributed by atoms with Crippen LogP contribution in [0.5, 0.6) is 0 Å². The molecule has 0 saturated heterocycles. The van der Waals surface area contributed by atoms with Crippen LogP contribution in [0.4, 0.5) is 0 Å². The third-order valence-corrected chi connectivity index (χ3v) is 2.96. The van der Waals surface area contributed by atoms with Crippen molar-refractivity contribution in [3.63, 3.8) is 0 Å². The fourth-order valence-electron chi connectivity index (χ4n) is 1.90. The number of benzene rings is 1. The normalized spacial score (nSPS) is 10.9. The minimum absolute atomic E-state index is 0.991. The quantitative estimate of drug-likeness (QED) is 0.568. The van der Waals surface area contributed by atoms with Crippen LogP contribution in [0.25, 0.3) is 11.0 Å². The second kappa shape index (κ2) is 3.09. The first-order valence-electron chi connectivity index (χ1n) is 4.90. The van der Waals surface area contributed by atoms with Gasteiger partial charge in [-0.25, -0.2) is 4.42 Å². The molecule has 14 heavy (non-hydrogen) atoms. The van der Waals surface area contributed by atoms with Crippen LogP contribution in [0.1, 0.15) is 22.5 Å². The molecule has 0 aliphatic carbocycles. The molecule has 0 fully saturated rings. The Balaban J connectivity index is 2.99. The van der Waals surface area contributed by atoms with Crippen molar-refractivity contribution in [1.82, 2.24) is 0 Å². The summed E-state index contributed by atoms with van der Waals surface area (Å²) in [4.78, 5) is 0. The average molecular weight is 187 g/mol. The van der Waals surface area contributed by atoms with Crippen LogP contribution in [0.15, 0.2) is 22.6 Å². The standard InChI is InChI=1S/C13H15O/c1-8-6-5-7-12-13(8)10(3)9(2)11(4)14-12/h5-7H,1-4H3/q+1. The van der Waals surface area contributed by atoms with E-state index in [1.165, 1.54) is 22.1 Å². The summed E-state index contributed by atoms with van der Waals surface area (Å²) in [5, 5.41) is 1.26. The van der Waals surface area contributed by atoms with Gasteiger partial charge in [-0.3, -0.25) is 0 Å². The molecule has 1 nitrogen and oxygen atoms in total. The van der Waals surface area contributed by atoms with Gasteiger partial charge in [0.2, 0.25) is 0 Å². The Morgan fingerprint density at radius 1 is 0.929 bits per heavy atom. The van der Waals surface area contributed by atoms with Crippen molar-refractivity contribution < 1.29 is 4.42 Å². The number of aryl methyl sites for hydroxylation is 3. The number of hydrogen-bond acceptors (Lipinski definition) is 0. The molecule has 72 valence electrons. The molecule has 1 aromatic heterocycles. The van der Waals surface area contributed by atoms with Crippen LogP contribution in [0, 0.1) is 27.7 Å². The molecule has 0 amide bonds. The summed E-state index contributed by atoms with van der Waals surface area (Å²) in [6.45, 7) is 8.41. The smallest absolute Gasteiger partial charge is 0.212 e. The molecule has 1 aromatic carbocycles. The van der Waals surface area contributed by atoms with Crippen molar-refractivity contribution in [3.05, 3.63) is 40.6 Å². The van der Waals surface area contributed by atoms with Gasteiger partial charge in [0, 0.05) is 6.07 Å². The van der Waals surface area contributed by atoms with Crippen molar-refractivity contribution >= 4 is 11.0 Å². The predicted molar refractivity (Wildman–Crippen MR) is 59.6 cm³/mol. The zero-order chi connectivity index (χ0) is 10.3. The number of rotatable bonds is 0. The van der Waals surface area contributed by atoms with Crippen molar-refractivity contribution in [2.45, 2.75) is 27.7 Å². The summed E-state index contributed by atoms with van der Waals surface area (Å²) >= 11 is 0. The monoisotopic (exact) mass is 187 g/mol. The van der Waals surface area contributed by atoms with E-state index >= 15 is 0 Å². The van der Waals surface area contributed by atoms with Crippen LogP contribution in [0.3, 0.4) is 0 Å². The molecule has 0 aliphatic rings. The van der Waals surface area contributed by atoms with Crippen LogP contribution in [-0.4, -0.2) is 0 Å². The van der Waals surface area contributed by atoms with E-state index in [0.717, 1.165) is 11.3 Å². The maximum atomic E-state index is 5.75. The lowest BCUT2D eigenvalue weighted by molar-refractivity contribution is 0.559. The largest absolute Gasteiger partial charge is 0.360 e. The van der Waals surface area contributed by atoms with Gasteiger partial charge in [-0.05, 0) is 31.9 Å². The second-order valence-electron chi connectivity index (χ2n) is 3.86. The molecule has 1 heterocycles. The zero-order valence-corrected chi connectivity index (χ0v) is 9.14. The molecule has 0 saturated carbocycles. The van der Waals surface area contributed by atoms with E-state index in [2.05, 4.69) is 26.8 Å². The maximum Gasteiger partial charge on any atom is 0.360 e. The summed E-state index contributed by atoms with van der Waals surface area (Å²) < 4.78 is 5.75. The average Bonchev–Trinajstić information content (AvgIpc) is 2.14. The van der Waals surface area contributed by atoms with E-state index in [1.807, 2.05) is 19.1 Å². The summed E-state index contributed by atoms with van der Waals surface area (Å²) in [6, 6.07) is 6.19. The molecule has 2 rings (SSSR count). The minimum atomic E-state index is 0.991. The molecule has 1 heteroatoms. The fraction of sp³-hybridized carbons (Fsp3) is 0.308. The van der Waals surface area contributed by atoms with Gasteiger partial charge in [-0.2, -0.15) is 0 Å². The molecule has 2 aromatic rings. The van der Waals surface area contributed by atoms with Gasteiger partial charge in [0.1, 0.15) is 0 Å². The third-order valence-electron chi connectivity index (χ3n) is 2.96. The van der Waals surface area contributed by atoms with Gasteiger partial charge < -0.3 is 0 Å². The summed E-state index contributed by atoms with van der Waals surface area (Å²) in [5.41, 5.74) is 4.87. The fourth-order valence-corrected chi connectivity index (χ4v) is 1.90. The lowest BCUT2D eigenvalue weighted by Crippen LogP contribution is -1.90. The van der Waals surface area contributed by atoms with Gasteiger partial charge in [-0.1, -0.05) is 12.1 Å². The highest BCUT2D eigenvalue weighted by Gasteiger charge is 2.17. The molecular formula is C13H15O+. The number of hydrogen-bond donors (Lipinski definition) is 0. The minimum Gasteiger partial charge on any atom is -0.212 e. The molecule has 0 spiro atoms. The zero-order valence-electron chi connectivity index (χ0n) is 9.14. The molecule has 0 aliphatic heterocycles. The van der Waals surface area contributed by atoms with E-state index < -0.39 is 0 Å². The molecular weight excluding hydrogens is 172 g/mol. The van der Waals surface area contributed by atoms with Gasteiger partial charge in [-0.15, -0.1) is 0 Å². The Kier molecular flexibility index (Phi) is 2.03. The summed E-state index contributed by atoms with van der Waals surface area (Å²) in [6.07, 6.45) is 0. The van der Waals surface area contributed by atoms with Crippen LogP contribution < -0.4 is 0 Å². The van der Waals surface area contributed by atoms with E-state index in [9.17, 15) is 0 Å². The molecule has 0 N–H and O–H groups in total. The predicted octanol–water partition coefficient (Wildman–Crippen LogP) is 3.95. The topological polar surface area (TPSA) is 11.3 Å². The van der Waals surface area contributed by atoms with E-state index in [1.54, 1.807) is 0 Å². The van der Waals surface area contributed by atoms with E-state index in [4.69, 9.17) is 4.42 Å². The molecule has 0 radical (unpaired) electrons. The van der Waals surface area contributed by atoms with Gasteiger partial charge in [0.05, 0.1) is 17.9 Å². The first kappa shape index (κ1) is 9.20. The van der Waals surface area contributed by atoms with Crippen LogP contribution in [-0.2, 0) is 0 Å². The first-order valence-corrected chi connectivity index (χ1v) is 4.90. The highest BCUT2D eigenvalue weighted by molar-refractivity contribution is 5.84. The lowest BCUT2D eigenvalue weighted by atomic mass is 10.0. The Morgan fingerprint density at radius 2 is 1.64 bits per heavy atom. The highest BCUT2D eigenvalue weighted by atomic mass is 16.3. The van der Waals surface area contributed by atoms with Gasteiger partial charge >= 0.3 is 11.3 Å². The molecule has 0 atom stereocenters. The SMILES string of the molecule is Cc1[o+]c2cccc(C)c2c(C)c1C. The Bertz CT molecular complexity index is 498. The Labute approximate surface area is 84.4 Å². The van der Waals surface area contributed by atoms with Crippen molar-refractivity contribution in [1.29, 1.82) is 0 Å². The third kappa shape index (κ3) is 1.20. The van der Waals surface area contributed by atoms with Gasteiger partial charge in [0.25, 0.3) is 0 Å². The first-order chi connectivity index (χ1) is 6.61.